The highest BCUT2D eigenvalue weighted by Crippen LogP contribution is 2.24. The summed E-state index contributed by atoms with van der Waals surface area (Å²) in [5.74, 6) is 0. The molecule has 2 rings (SSSR count). The van der Waals surface area contributed by atoms with Crippen molar-refractivity contribution in [2.24, 2.45) is 5.73 Å². The van der Waals surface area contributed by atoms with Gasteiger partial charge in [-0.3, -0.25) is 0 Å². The maximum Gasteiger partial charge on any atom is 0.282 e. The van der Waals surface area contributed by atoms with E-state index >= 15 is 0 Å². The third-order valence-electron chi connectivity index (χ3n) is 3.79. The van der Waals surface area contributed by atoms with Gasteiger partial charge >= 0.3 is 0 Å². The molecule has 6 heteroatoms. The van der Waals surface area contributed by atoms with Crippen LogP contribution in [0.15, 0.2) is 0 Å². The lowest BCUT2D eigenvalue weighted by atomic mass is 10.1. The minimum absolute atomic E-state index is 0.00128. The van der Waals surface area contributed by atoms with Crippen LogP contribution in [0.4, 0.5) is 0 Å². The Kier molecular flexibility index (Phi) is 4.07. The van der Waals surface area contributed by atoms with Crippen LogP contribution in [0.1, 0.15) is 39.0 Å². The molecule has 0 saturated carbocycles. The smallest absolute Gasteiger partial charge is 0.282 e. The molecule has 2 N–H and O–H groups in total. The highest BCUT2D eigenvalue weighted by molar-refractivity contribution is 7.86. The molecule has 100 valence electrons. The van der Waals surface area contributed by atoms with Crippen LogP contribution >= 0.6 is 0 Å². The summed E-state index contributed by atoms with van der Waals surface area (Å²) in [5.41, 5.74) is 5.86. The van der Waals surface area contributed by atoms with Crippen LogP contribution in [0.5, 0.6) is 0 Å². The standard InChI is InChI=1S/C11H23N3O2S/c1-10-5-2-3-8-14(10)17(15,16)13-7-4-6-11(12)9-13/h10-11H,2-9,12H2,1H3. The Morgan fingerprint density at radius 3 is 2.53 bits per heavy atom. The SMILES string of the molecule is CC1CCCCN1S(=O)(=O)N1CCCC(N)C1. The van der Waals surface area contributed by atoms with Gasteiger partial charge in [0.2, 0.25) is 0 Å². The third-order valence-corrected chi connectivity index (χ3v) is 5.90. The first-order valence-electron chi connectivity index (χ1n) is 6.54. The van der Waals surface area contributed by atoms with E-state index in [4.69, 9.17) is 5.73 Å². The van der Waals surface area contributed by atoms with E-state index in [1.807, 2.05) is 6.92 Å². The van der Waals surface area contributed by atoms with Gasteiger partial charge in [-0.25, -0.2) is 0 Å². The fourth-order valence-electron chi connectivity index (χ4n) is 2.75. The molecule has 2 unspecified atom stereocenters. The van der Waals surface area contributed by atoms with E-state index in [1.165, 1.54) is 0 Å². The number of piperidine rings is 2. The predicted molar refractivity (Wildman–Crippen MR) is 67.7 cm³/mol. The Morgan fingerprint density at radius 1 is 1.12 bits per heavy atom. The summed E-state index contributed by atoms with van der Waals surface area (Å²) in [5, 5.41) is 0. The maximum atomic E-state index is 12.5. The van der Waals surface area contributed by atoms with Gasteiger partial charge in [0.15, 0.2) is 0 Å². The molecule has 2 fully saturated rings. The van der Waals surface area contributed by atoms with E-state index < -0.39 is 10.2 Å². The molecule has 2 atom stereocenters. The van der Waals surface area contributed by atoms with Gasteiger partial charge < -0.3 is 5.73 Å². The first-order chi connectivity index (χ1) is 8.01. The molecule has 0 aromatic rings. The molecule has 2 saturated heterocycles. The van der Waals surface area contributed by atoms with Crippen molar-refractivity contribution in [3.63, 3.8) is 0 Å². The fraction of sp³-hybridized carbons (Fsp3) is 1.00. The number of nitrogens with two attached hydrogens (primary N) is 1. The monoisotopic (exact) mass is 261 g/mol. The zero-order valence-electron chi connectivity index (χ0n) is 10.5. The lowest BCUT2D eigenvalue weighted by molar-refractivity contribution is 0.229. The second-order valence-corrected chi connectivity index (χ2v) is 7.10. The molecule has 2 heterocycles. The summed E-state index contributed by atoms with van der Waals surface area (Å²) in [6.07, 6.45) is 4.89. The summed E-state index contributed by atoms with van der Waals surface area (Å²) in [4.78, 5) is 0. The highest BCUT2D eigenvalue weighted by Gasteiger charge is 2.36. The Hall–Kier alpha value is -0.170. The summed E-state index contributed by atoms with van der Waals surface area (Å²) >= 11 is 0. The van der Waals surface area contributed by atoms with Crippen molar-refractivity contribution in [3.05, 3.63) is 0 Å². The molecule has 0 spiro atoms. The van der Waals surface area contributed by atoms with E-state index in [0.29, 0.717) is 19.6 Å². The van der Waals surface area contributed by atoms with Crippen LogP contribution < -0.4 is 5.73 Å². The van der Waals surface area contributed by atoms with Crippen LogP contribution in [0, 0.1) is 0 Å². The molecule has 0 aliphatic carbocycles. The van der Waals surface area contributed by atoms with E-state index in [1.54, 1.807) is 8.61 Å². The van der Waals surface area contributed by atoms with Gasteiger partial charge in [0.1, 0.15) is 0 Å². The van der Waals surface area contributed by atoms with Crippen LogP contribution in [-0.2, 0) is 10.2 Å². The molecule has 2 aliphatic rings. The van der Waals surface area contributed by atoms with Gasteiger partial charge in [-0.1, -0.05) is 6.42 Å². The molecule has 0 aromatic heterocycles. The first-order valence-corrected chi connectivity index (χ1v) is 7.94. The van der Waals surface area contributed by atoms with Crippen LogP contribution in [0.25, 0.3) is 0 Å². The second kappa shape index (κ2) is 5.22. The van der Waals surface area contributed by atoms with Crippen molar-refractivity contribution in [2.45, 2.75) is 51.1 Å². The molecule has 5 nitrogen and oxygen atoms in total. The van der Waals surface area contributed by atoms with Gasteiger partial charge in [-0.05, 0) is 32.6 Å². The number of rotatable bonds is 2. The van der Waals surface area contributed by atoms with Gasteiger partial charge in [-0.15, -0.1) is 0 Å². The van der Waals surface area contributed by atoms with E-state index in [-0.39, 0.29) is 12.1 Å². The molecule has 2 aliphatic heterocycles. The minimum Gasteiger partial charge on any atom is -0.327 e. The van der Waals surface area contributed by atoms with Gasteiger partial charge in [-0.2, -0.15) is 17.0 Å². The van der Waals surface area contributed by atoms with Crippen molar-refractivity contribution in [1.29, 1.82) is 0 Å². The van der Waals surface area contributed by atoms with Crippen LogP contribution in [0.3, 0.4) is 0 Å². The average Bonchev–Trinajstić information content (AvgIpc) is 2.29. The Balaban J connectivity index is 2.11. The molecular formula is C11H23N3O2S. The zero-order valence-corrected chi connectivity index (χ0v) is 11.3. The van der Waals surface area contributed by atoms with Crippen molar-refractivity contribution >= 4 is 10.2 Å². The largest absolute Gasteiger partial charge is 0.327 e. The Labute approximate surface area is 104 Å². The normalized spacial score (nSPS) is 33.8. The fourth-order valence-corrected chi connectivity index (χ4v) is 4.70. The summed E-state index contributed by atoms with van der Waals surface area (Å²) in [7, 11) is -3.28. The van der Waals surface area contributed by atoms with Crippen LogP contribution in [-0.4, -0.2) is 48.7 Å². The second-order valence-electron chi connectivity index (χ2n) is 5.22. The number of hydrogen-bond donors (Lipinski definition) is 1. The molecule has 0 amide bonds. The Bertz CT molecular complexity index is 358. The quantitative estimate of drug-likeness (QED) is 0.788. The molecule has 17 heavy (non-hydrogen) atoms. The predicted octanol–water partition coefficient (Wildman–Crippen LogP) is 0.529. The maximum absolute atomic E-state index is 12.5. The first kappa shape index (κ1) is 13.3. The van der Waals surface area contributed by atoms with Gasteiger partial charge in [0.25, 0.3) is 10.2 Å². The number of nitrogens with zero attached hydrogens (tertiary/aromatic N) is 2. The lowest BCUT2D eigenvalue weighted by Gasteiger charge is -2.38. The molecular weight excluding hydrogens is 238 g/mol. The van der Waals surface area contributed by atoms with Gasteiger partial charge in [0.05, 0.1) is 0 Å². The third kappa shape index (κ3) is 2.81. The summed E-state index contributed by atoms with van der Waals surface area (Å²) in [6.45, 7) is 3.76. The van der Waals surface area contributed by atoms with Crippen molar-refractivity contribution < 1.29 is 8.42 Å². The molecule has 0 aromatic carbocycles. The van der Waals surface area contributed by atoms with Crippen molar-refractivity contribution in [1.82, 2.24) is 8.61 Å². The van der Waals surface area contributed by atoms with Crippen molar-refractivity contribution in [3.8, 4) is 0 Å². The summed E-state index contributed by atoms with van der Waals surface area (Å²) < 4.78 is 28.2. The minimum atomic E-state index is -3.28. The van der Waals surface area contributed by atoms with E-state index in [0.717, 1.165) is 32.1 Å². The number of hydrogen-bond acceptors (Lipinski definition) is 3. The highest BCUT2D eigenvalue weighted by atomic mass is 32.2. The molecule has 0 radical (unpaired) electrons. The Morgan fingerprint density at radius 2 is 1.88 bits per heavy atom. The lowest BCUT2D eigenvalue weighted by Crippen LogP contribution is -2.54. The zero-order chi connectivity index (χ0) is 12.5. The summed E-state index contributed by atoms with van der Waals surface area (Å²) in [6, 6.07) is 0.130. The van der Waals surface area contributed by atoms with E-state index in [2.05, 4.69) is 0 Å². The van der Waals surface area contributed by atoms with Crippen LogP contribution in [0.2, 0.25) is 0 Å². The van der Waals surface area contributed by atoms with Crippen molar-refractivity contribution in [2.75, 3.05) is 19.6 Å². The topological polar surface area (TPSA) is 66.6 Å². The molecule has 0 bridgehead atoms. The van der Waals surface area contributed by atoms with Gasteiger partial charge in [0, 0.05) is 31.7 Å². The average molecular weight is 261 g/mol. The van der Waals surface area contributed by atoms with E-state index in [9.17, 15) is 8.42 Å².